The topological polar surface area (TPSA) is 90.0 Å². The van der Waals surface area contributed by atoms with E-state index in [2.05, 4.69) is 15.0 Å². The predicted octanol–water partition coefficient (Wildman–Crippen LogP) is 3.77. The van der Waals surface area contributed by atoms with Gasteiger partial charge in [0, 0.05) is 31.0 Å². The normalized spacial score (nSPS) is 11.0. The molecule has 0 saturated heterocycles. The van der Waals surface area contributed by atoms with Crippen LogP contribution in [0.1, 0.15) is 31.3 Å². The van der Waals surface area contributed by atoms with Crippen molar-refractivity contribution in [1.82, 2.24) is 19.5 Å². The Morgan fingerprint density at radius 1 is 1.19 bits per heavy atom. The van der Waals surface area contributed by atoms with Crippen LogP contribution in [-0.4, -0.2) is 31.5 Å². The summed E-state index contributed by atoms with van der Waals surface area (Å²) < 4.78 is 1.62. The van der Waals surface area contributed by atoms with Gasteiger partial charge in [0.05, 0.1) is 4.92 Å². The van der Waals surface area contributed by atoms with Crippen LogP contribution in [0.4, 0.5) is 17.3 Å². The molecule has 0 aliphatic carbocycles. The maximum atomic E-state index is 11.8. The van der Waals surface area contributed by atoms with Crippen LogP contribution in [0, 0.1) is 17.0 Å². The SMILES string of the molecule is Cc1nccn1-c1nc(N(C)c2ccccc2)nc(C(C)C)c1[N+](=O)[O-]. The van der Waals surface area contributed by atoms with E-state index in [1.165, 1.54) is 0 Å². The first-order valence-corrected chi connectivity index (χ1v) is 8.25. The first-order chi connectivity index (χ1) is 12.4. The van der Waals surface area contributed by atoms with Crippen LogP contribution in [0.3, 0.4) is 0 Å². The zero-order chi connectivity index (χ0) is 18.8. The molecule has 0 spiro atoms. The number of imidazole rings is 1. The van der Waals surface area contributed by atoms with Crippen molar-refractivity contribution in [2.24, 2.45) is 0 Å². The minimum absolute atomic E-state index is 0.0914. The van der Waals surface area contributed by atoms with E-state index < -0.39 is 4.92 Å². The van der Waals surface area contributed by atoms with Gasteiger partial charge in [0.15, 0.2) is 0 Å². The van der Waals surface area contributed by atoms with E-state index in [0.717, 1.165) is 5.69 Å². The average Bonchev–Trinajstić information content (AvgIpc) is 3.06. The van der Waals surface area contributed by atoms with Gasteiger partial charge < -0.3 is 4.90 Å². The molecule has 3 aromatic rings. The summed E-state index contributed by atoms with van der Waals surface area (Å²) in [6.07, 6.45) is 3.26. The quantitative estimate of drug-likeness (QED) is 0.513. The third-order valence-corrected chi connectivity index (χ3v) is 4.11. The smallest absolute Gasteiger partial charge is 0.314 e. The first-order valence-electron chi connectivity index (χ1n) is 8.25. The van der Waals surface area contributed by atoms with Crippen molar-refractivity contribution in [2.45, 2.75) is 26.7 Å². The second-order valence-corrected chi connectivity index (χ2v) is 6.23. The van der Waals surface area contributed by atoms with E-state index in [9.17, 15) is 10.1 Å². The number of para-hydroxylation sites is 1. The summed E-state index contributed by atoms with van der Waals surface area (Å²) in [5.41, 5.74) is 1.20. The summed E-state index contributed by atoms with van der Waals surface area (Å²) in [4.78, 5) is 26.4. The molecule has 0 bridgehead atoms. The number of nitrogens with zero attached hydrogens (tertiary/aromatic N) is 6. The van der Waals surface area contributed by atoms with Crippen molar-refractivity contribution < 1.29 is 4.92 Å². The minimum atomic E-state index is -0.420. The van der Waals surface area contributed by atoms with E-state index in [0.29, 0.717) is 17.5 Å². The van der Waals surface area contributed by atoms with Gasteiger partial charge in [0.1, 0.15) is 11.5 Å². The van der Waals surface area contributed by atoms with Crippen LogP contribution in [0.2, 0.25) is 0 Å². The molecule has 2 aromatic heterocycles. The van der Waals surface area contributed by atoms with Crippen molar-refractivity contribution in [3.63, 3.8) is 0 Å². The largest absolute Gasteiger partial charge is 0.334 e. The molecule has 0 saturated carbocycles. The van der Waals surface area contributed by atoms with Gasteiger partial charge in [-0.2, -0.15) is 4.98 Å². The number of hydrogen-bond donors (Lipinski definition) is 0. The molecule has 0 atom stereocenters. The number of rotatable bonds is 5. The molecule has 8 heteroatoms. The molecule has 2 heterocycles. The lowest BCUT2D eigenvalue weighted by molar-refractivity contribution is -0.386. The molecule has 0 radical (unpaired) electrons. The average molecular weight is 352 g/mol. The first kappa shape index (κ1) is 17.5. The van der Waals surface area contributed by atoms with Crippen molar-refractivity contribution in [3.05, 3.63) is 64.4 Å². The molecule has 26 heavy (non-hydrogen) atoms. The lowest BCUT2D eigenvalue weighted by Crippen LogP contribution is -2.18. The highest BCUT2D eigenvalue weighted by atomic mass is 16.6. The van der Waals surface area contributed by atoms with Crippen LogP contribution < -0.4 is 4.90 Å². The Hall–Kier alpha value is -3.29. The standard InChI is InChI=1S/C18H20N6O2/c1-12(2)15-16(24(25)26)17(23-11-10-19-13(23)3)21-18(20-15)22(4)14-8-6-5-7-9-14/h5-12H,1-4H3. The molecule has 134 valence electrons. The van der Waals surface area contributed by atoms with Gasteiger partial charge in [-0.05, 0) is 19.1 Å². The maximum Gasteiger partial charge on any atom is 0.334 e. The summed E-state index contributed by atoms with van der Waals surface area (Å²) in [5, 5.41) is 11.8. The fourth-order valence-corrected chi connectivity index (χ4v) is 2.71. The lowest BCUT2D eigenvalue weighted by Gasteiger charge is -2.20. The summed E-state index contributed by atoms with van der Waals surface area (Å²) >= 11 is 0. The molecule has 0 aliphatic heterocycles. The minimum Gasteiger partial charge on any atom is -0.314 e. The zero-order valence-electron chi connectivity index (χ0n) is 15.1. The molecular formula is C18H20N6O2. The molecule has 8 nitrogen and oxygen atoms in total. The Bertz CT molecular complexity index is 936. The number of hydrogen-bond acceptors (Lipinski definition) is 6. The van der Waals surface area contributed by atoms with Crippen molar-refractivity contribution in [2.75, 3.05) is 11.9 Å². The highest BCUT2D eigenvalue weighted by Gasteiger charge is 2.29. The van der Waals surface area contributed by atoms with Gasteiger partial charge in [-0.3, -0.25) is 14.7 Å². The number of nitro groups is 1. The van der Waals surface area contributed by atoms with Gasteiger partial charge in [0.2, 0.25) is 11.8 Å². The molecule has 0 fully saturated rings. The van der Waals surface area contributed by atoms with Crippen molar-refractivity contribution in [1.29, 1.82) is 0 Å². The third kappa shape index (κ3) is 3.13. The van der Waals surface area contributed by atoms with Crippen LogP contribution >= 0.6 is 0 Å². The highest BCUT2D eigenvalue weighted by molar-refractivity contribution is 5.61. The molecule has 0 aliphatic rings. The Morgan fingerprint density at radius 3 is 2.42 bits per heavy atom. The fourth-order valence-electron chi connectivity index (χ4n) is 2.71. The zero-order valence-corrected chi connectivity index (χ0v) is 15.1. The van der Waals surface area contributed by atoms with Gasteiger partial charge in [-0.15, -0.1) is 0 Å². The molecule has 0 amide bonds. The van der Waals surface area contributed by atoms with Crippen molar-refractivity contribution >= 4 is 17.3 Å². The van der Waals surface area contributed by atoms with E-state index in [1.54, 1.807) is 23.9 Å². The summed E-state index contributed by atoms with van der Waals surface area (Å²) in [6, 6.07) is 9.63. The number of benzene rings is 1. The van der Waals surface area contributed by atoms with E-state index in [1.807, 2.05) is 56.1 Å². The highest BCUT2D eigenvalue weighted by Crippen LogP contribution is 2.33. The maximum absolute atomic E-state index is 11.8. The Morgan fingerprint density at radius 2 is 1.88 bits per heavy atom. The molecule has 0 N–H and O–H groups in total. The van der Waals surface area contributed by atoms with Gasteiger partial charge >= 0.3 is 5.69 Å². The summed E-state index contributed by atoms with van der Waals surface area (Å²) in [5.74, 6) is 1.11. The summed E-state index contributed by atoms with van der Waals surface area (Å²) in [6.45, 7) is 5.54. The summed E-state index contributed by atoms with van der Waals surface area (Å²) in [7, 11) is 1.84. The molecule has 0 unspecified atom stereocenters. The lowest BCUT2D eigenvalue weighted by atomic mass is 10.1. The predicted molar refractivity (Wildman–Crippen MR) is 99.1 cm³/mol. The van der Waals surface area contributed by atoms with Crippen LogP contribution in [-0.2, 0) is 0 Å². The van der Waals surface area contributed by atoms with Gasteiger partial charge in [-0.1, -0.05) is 32.0 Å². The van der Waals surface area contributed by atoms with Gasteiger partial charge in [0.25, 0.3) is 0 Å². The fraction of sp³-hybridized carbons (Fsp3) is 0.278. The second kappa shape index (κ2) is 6.91. The number of aryl methyl sites for hydroxylation is 1. The number of aromatic nitrogens is 4. The van der Waals surface area contributed by atoms with Gasteiger partial charge in [-0.25, -0.2) is 9.97 Å². The Balaban J connectivity index is 2.26. The number of anilines is 2. The van der Waals surface area contributed by atoms with Crippen LogP contribution in [0.15, 0.2) is 42.7 Å². The second-order valence-electron chi connectivity index (χ2n) is 6.23. The van der Waals surface area contributed by atoms with Crippen LogP contribution in [0.25, 0.3) is 5.82 Å². The van der Waals surface area contributed by atoms with E-state index in [-0.39, 0.29) is 17.4 Å². The Kier molecular flexibility index (Phi) is 4.66. The van der Waals surface area contributed by atoms with Crippen molar-refractivity contribution in [3.8, 4) is 5.82 Å². The molecule has 3 rings (SSSR count). The van der Waals surface area contributed by atoms with E-state index in [4.69, 9.17) is 0 Å². The Labute approximate surface area is 151 Å². The monoisotopic (exact) mass is 352 g/mol. The molecule has 1 aromatic carbocycles. The third-order valence-electron chi connectivity index (χ3n) is 4.11. The van der Waals surface area contributed by atoms with E-state index >= 15 is 0 Å². The van der Waals surface area contributed by atoms with Crippen LogP contribution in [0.5, 0.6) is 0 Å². The molecular weight excluding hydrogens is 332 g/mol.